The summed E-state index contributed by atoms with van der Waals surface area (Å²) in [4.78, 5) is 27.7. The zero-order valence-electron chi connectivity index (χ0n) is 13.9. The molecule has 0 amide bonds. The Balaban J connectivity index is 2.13. The second-order valence-electron chi connectivity index (χ2n) is 5.24. The fraction of sp³-hybridized carbons (Fsp3) is 0.176. The van der Waals surface area contributed by atoms with E-state index in [1.54, 1.807) is 17.5 Å². The van der Waals surface area contributed by atoms with Gasteiger partial charge in [-0.25, -0.2) is 14.5 Å². The minimum atomic E-state index is -4.85. The first kappa shape index (κ1) is 18.8. The van der Waals surface area contributed by atoms with Gasteiger partial charge in [0.15, 0.2) is 17.8 Å². The Morgan fingerprint density at radius 1 is 1.33 bits per heavy atom. The summed E-state index contributed by atoms with van der Waals surface area (Å²) in [6.07, 6.45) is -3.40. The number of hydrogen-bond donors (Lipinski definition) is 0. The fourth-order valence-corrected chi connectivity index (χ4v) is 3.28. The largest absolute Gasteiger partial charge is 0.462 e. The van der Waals surface area contributed by atoms with Crippen LogP contribution in [0.4, 0.5) is 13.2 Å². The van der Waals surface area contributed by atoms with E-state index in [1.165, 1.54) is 30.4 Å². The van der Waals surface area contributed by atoms with Crippen LogP contribution < -0.4 is 0 Å². The van der Waals surface area contributed by atoms with Crippen molar-refractivity contribution in [3.05, 3.63) is 52.7 Å². The van der Waals surface area contributed by atoms with Crippen LogP contribution in [0.25, 0.3) is 16.4 Å². The minimum absolute atomic E-state index is 0.0676. The molecule has 3 aromatic rings. The monoisotopic (exact) mass is 395 g/mol. The number of aromatic nitrogens is 3. The van der Waals surface area contributed by atoms with Gasteiger partial charge < -0.3 is 4.74 Å². The molecular formula is C17H12F3N3O3S. The number of esters is 1. The molecule has 0 aliphatic rings. The molecule has 0 bridgehead atoms. The summed E-state index contributed by atoms with van der Waals surface area (Å²) in [6, 6.07) is 5.99. The van der Waals surface area contributed by atoms with E-state index in [-0.39, 0.29) is 12.4 Å². The highest BCUT2D eigenvalue weighted by Gasteiger charge is 2.41. The van der Waals surface area contributed by atoms with Gasteiger partial charge in [0.25, 0.3) is 0 Å². The lowest BCUT2D eigenvalue weighted by atomic mass is 10.2. The number of carbonyl (C=O) groups excluding carboxylic acids is 2. The number of aldehydes is 1. The lowest BCUT2D eigenvalue weighted by Crippen LogP contribution is -2.19. The average Bonchev–Trinajstić information content (AvgIpc) is 3.28. The molecule has 0 saturated heterocycles. The van der Waals surface area contributed by atoms with Crippen LogP contribution in [0.1, 0.15) is 33.3 Å². The molecule has 27 heavy (non-hydrogen) atoms. The Hall–Kier alpha value is -3.01. The van der Waals surface area contributed by atoms with Crippen LogP contribution in [0.2, 0.25) is 0 Å². The Labute approximate surface area is 155 Å². The summed E-state index contributed by atoms with van der Waals surface area (Å²) in [5, 5.41) is 5.37. The number of pyridine rings is 1. The molecule has 140 valence electrons. The second-order valence-corrected chi connectivity index (χ2v) is 6.16. The van der Waals surface area contributed by atoms with Gasteiger partial charge in [0.1, 0.15) is 5.56 Å². The molecule has 0 atom stereocenters. The molecule has 3 aromatic heterocycles. The first-order valence-electron chi connectivity index (χ1n) is 7.69. The normalized spacial score (nSPS) is 11.4. The van der Waals surface area contributed by atoms with E-state index in [4.69, 9.17) is 0 Å². The third-order valence-electron chi connectivity index (χ3n) is 3.54. The third-order valence-corrected chi connectivity index (χ3v) is 4.49. The van der Waals surface area contributed by atoms with Gasteiger partial charge in [-0.1, -0.05) is 6.07 Å². The van der Waals surface area contributed by atoms with Gasteiger partial charge in [-0.15, -0.1) is 11.3 Å². The summed E-state index contributed by atoms with van der Waals surface area (Å²) in [5.41, 5.74) is -1.26. The molecule has 0 unspecified atom stereocenters. The van der Waals surface area contributed by atoms with E-state index in [1.807, 2.05) is 0 Å². The molecule has 0 aliphatic carbocycles. The van der Waals surface area contributed by atoms with E-state index in [2.05, 4.69) is 14.8 Å². The molecule has 0 aromatic carbocycles. The van der Waals surface area contributed by atoms with Crippen molar-refractivity contribution in [3.8, 4) is 16.4 Å². The number of ether oxygens (including phenoxy) is 1. The number of nitrogens with zero attached hydrogens (tertiary/aromatic N) is 3. The maximum Gasteiger partial charge on any atom is 0.434 e. The molecule has 0 aliphatic heterocycles. The average molecular weight is 395 g/mol. The molecule has 3 rings (SSSR count). The zero-order valence-corrected chi connectivity index (χ0v) is 14.7. The first-order chi connectivity index (χ1) is 12.9. The Morgan fingerprint density at radius 3 is 2.78 bits per heavy atom. The van der Waals surface area contributed by atoms with E-state index < -0.39 is 23.4 Å². The molecule has 3 heterocycles. The number of thiophene rings is 1. The lowest BCUT2D eigenvalue weighted by Gasteiger charge is -2.12. The first-order valence-corrected chi connectivity index (χ1v) is 8.57. The summed E-state index contributed by atoms with van der Waals surface area (Å²) in [5.74, 6) is -1.26. The van der Waals surface area contributed by atoms with Crippen molar-refractivity contribution < 1.29 is 27.5 Å². The van der Waals surface area contributed by atoms with Crippen LogP contribution in [0, 0.1) is 0 Å². The molecule has 6 nitrogen and oxygen atoms in total. The smallest absolute Gasteiger partial charge is 0.434 e. The Bertz CT molecular complexity index is 995. The van der Waals surface area contributed by atoms with Crippen molar-refractivity contribution in [3.63, 3.8) is 0 Å². The maximum absolute atomic E-state index is 13.6. The van der Waals surface area contributed by atoms with E-state index in [0.717, 1.165) is 6.20 Å². The van der Waals surface area contributed by atoms with Crippen LogP contribution in [0.3, 0.4) is 0 Å². The summed E-state index contributed by atoms with van der Waals surface area (Å²) < 4.78 is 46.0. The SMILES string of the molecule is CCOC(=O)c1cnn(-c2cccc(-c3sccc3C=O)n2)c1C(F)(F)F. The molecule has 0 N–H and O–H groups in total. The molecule has 0 spiro atoms. The van der Waals surface area contributed by atoms with Crippen LogP contribution in [0.15, 0.2) is 35.8 Å². The van der Waals surface area contributed by atoms with Crippen LogP contribution in [-0.4, -0.2) is 33.6 Å². The number of rotatable bonds is 5. The van der Waals surface area contributed by atoms with E-state index >= 15 is 0 Å². The van der Waals surface area contributed by atoms with Gasteiger partial charge in [0.05, 0.1) is 23.4 Å². The van der Waals surface area contributed by atoms with Crippen molar-refractivity contribution in [1.29, 1.82) is 0 Å². The number of hydrogen-bond acceptors (Lipinski definition) is 6. The molecule has 0 radical (unpaired) electrons. The van der Waals surface area contributed by atoms with Gasteiger partial charge in [0.2, 0.25) is 0 Å². The quantitative estimate of drug-likeness (QED) is 0.482. The Morgan fingerprint density at radius 2 is 2.11 bits per heavy atom. The van der Waals surface area contributed by atoms with Gasteiger partial charge in [0, 0.05) is 5.56 Å². The summed E-state index contributed by atoms with van der Waals surface area (Å²) in [7, 11) is 0. The zero-order chi connectivity index (χ0) is 19.6. The van der Waals surface area contributed by atoms with E-state index in [0.29, 0.717) is 27.1 Å². The maximum atomic E-state index is 13.6. The van der Waals surface area contributed by atoms with Crippen molar-refractivity contribution >= 4 is 23.6 Å². The van der Waals surface area contributed by atoms with Gasteiger partial charge in [-0.2, -0.15) is 18.3 Å². The third kappa shape index (κ3) is 3.61. The molecule has 10 heteroatoms. The second kappa shape index (κ2) is 7.31. The number of halogens is 3. The standard InChI is InChI=1S/C17H12F3N3O3S/c1-2-26-16(25)11-8-21-23(15(11)17(18,19)20)13-5-3-4-12(22-13)14-10(9-24)6-7-27-14/h3-9H,2H2,1H3. The summed E-state index contributed by atoms with van der Waals surface area (Å²) >= 11 is 1.24. The molecular weight excluding hydrogens is 383 g/mol. The molecule has 0 fully saturated rings. The van der Waals surface area contributed by atoms with Gasteiger partial charge in [-0.3, -0.25) is 4.79 Å². The fourth-order valence-electron chi connectivity index (χ4n) is 2.44. The highest BCUT2D eigenvalue weighted by molar-refractivity contribution is 7.13. The van der Waals surface area contributed by atoms with Crippen LogP contribution >= 0.6 is 11.3 Å². The molecule has 0 saturated carbocycles. The minimum Gasteiger partial charge on any atom is -0.462 e. The Kier molecular flexibility index (Phi) is 5.08. The van der Waals surface area contributed by atoms with Gasteiger partial charge in [-0.05, 0) is 30.5 Å². The van der Waals surface area contributed by atoms with Crippen LogP contribution in [-0.2, 0) is 10.9 Å². The predicted molar refractivity (Wildman–Crippen MR) is 91.0 cm³/mol. The topological polar surface area (TPSA) is 74.1 Å². The van der Waals surface area contributed by atoms with Crippen molar-refractivity contribution in [2.45, 2.75) is 13.1 Å². The number of carbonyl (C=O) groups is 2. The predicted octanol–water partition coefficient (Wildman–Crippen LogP) is 4.00. The van der Waals surface area contributed by atoms with E-state index in [9.17, 15) is 22.8 Å². The van der Waals surface area contributed by atoms with Crippen LogP contribution in [0.5, 0.6) is 0 Å². The van der Waals surface area contributed by atoms with Crippen molar-refractivity contribution in [2.24, 2.45) is 0 Å². The lowest BCUT2D eigenvalue weighted by molar-refractivity contribution is -0.143. The van der Waals surface area contributed by atoms with Gasteiger partial charge >= 0.3 is 12.1 Å². The summed E-state index contributed by atoms with van der Waals surface area (Å²) in [6.45, 7) is 1.42. The van der Waals surface area contributed by atoms with Crippen molar-refractivity contribution in [2.75, 3.05) is 6.61 Å². The highest BCUT2D eigenvalue weighted by atomic mass is 32.1. The number of alkyl halides is 3. The highest BCUT2D eigenvalue weighted by Crippen LogP contribution is 2.34. The van der Waals surface area contributed by atoms with Crippen molar-refractivity contribution in [1.82, 2.24) is 14.8 Å².